The van der Waals surface area contributed by atoms with Gasteiger partial charge < -0.3 is 10.1 Å². The molecule has 0 spiro atoms. The minimum Gasteiger partial charge on any atom is -0.383 e. The van der Waals surface area contributed by atoms with Crippen molar-refractivity contribution in [3.8, 4) is 0 Å². The topological polar surface area (TPSA) is 56.1 Å². The lowest BCUT2D eigenvalue weighted by molar-refractivity contribution is -0.122. The molecule has 5 nitrogen and oxygen atoms in total. The predicted molar refractivity (Wildman–Crippen MR) is 78.0 cm³/mol. The molecule has 1 N–H and O–H groups in total. The number of carbonyl (C=O) groups is 1. The van der Waals surface area contributed by atoms with Gasteiger partial charge in [0.25, 0.3) is 0 Å². The highest BCUT2D eigenvalue weighted by molar-refractivity contribution is 6.52. The van der Waals surface area contributed by atoms with Crippen molar-refractivity contribution in [3.05, 3.63) is 17.0 Å². The van der Waals surface area contributed by atoms with Crippen molar-refractivity contribution in [2.24, 2.45) is 5.92 Å². The molecule has 1 aliphatic carbocycles. The average molecular weight is 320 g/mol. The maximum absolute atomic E-state index is 11.9. The van der Waals surface area contributed by atoms with Crippen LogP contribution in [0.4, 0.5) is 0 Å². The summed E-state index contributed by atoms with van der Waals surface area (Å²) in [6.45, 7) is 5.68. The Bertz CT molecular complexity index is 514. The number of aryl methyl sites for hydroxylation is 1. The van der Waals surface area contributed by atoms with E-state index in [-0.39, 0.29) is 11.8 Å². The highest BCUT2D eigenvalue weighted by atomic mass is 35.5. The largest absolute Gasteiger partial charge is 0.383 e. The summed E-state index contributed by atoms with van der Waals surface area (Å²) in [4.78, 5) is 11.9. The van der Waals surface area contributed by atoms with Gasteiger partial charge in [0.15, 0.2) is 0 Å². The molecule has 1 heterocycles. The van der Waals surface area contributed by atoms with E-state index in [2.05, 4.69) is 10.4 Å². The number of hydrogen-bond donors (Lipinski definition) is 1. The van der Waals surface area contributed by atoms with Crippen LogP contribution in [0.15, 0.2) is 0 Å². The number of rotatable bonds is 6. The van der Waals surface area contributed by atoms with Crippen LogP contribution in [0.5, 0.6) is 0 Å². The summed E-state index contributed by atoms with van der Waals surface area (Å²) in [5.74, 6) is -0.395. The zero-order valence-electron chi connectivity index (χ0n) is 11.9. The van der Waals surface area contributed by atoms with Gasteiger partial charge in [-0.05, 0) is 20.3 Å². The van der Waals surface area contributed by atoms with Gasteiger partial charge >= 0.3 is 0 Å². The third kappa shape index (κ3) is 3.27. The second kappa shape index (κ2) is 5.92. The summed E-state index contributed by atoms with van der Waals surface area (Å²) in [6.07, 6.45) is 0.521. The van der Waals surface area contributed by atoms with Crippen molar-refractivity contribution in [1.82, 2.24) is 15.1 Å². The normalized spacial score (nSPS) is 19.9. The molecule has 0 aromatic carbocycles. The molecule has 1 unspecified atom stereocenters. The Hall–Kier alpha value is -0.780. The lowest BCUT2D eigenvalue weighted by Crippen LogP contribution is -2.26. The van der Waals surface area contributed by atoms with Gasteiger partial charge in [0.05, 0.1) is 24.8 Å². The fourth-order valence-corrected chi connectivity index (χ4v) is 2.69. The Balaban J connectivity index is 1.96. The first-order chi connectivity index (χ1) is 9.36. The highest BCUT2D eigenvalue weighted by Gasteiger charge is 2.56. The van der Waals surface area contributed by atoms with Crippen molar-refractivity contribution in [1.29, 1.82) is 0 Å². The summed E-state index contributed by atoms with van der Waals surface area (Å²) in [5.41, 5.74) is 2.99. The number of methoxy groups -OCH3 is 1. The van der Waals surface area contributed by atoms with Gasteiger partial charge in [0, 0.05) is 24.9 Å². The molecule has 1 saturated carbocycles. The zero-order chi connectivity index (χ0) is 14.9. The SMILES string of the molecule is COCCn1nc(C)c(CNC(=O)C2CC2(Cl)Cl)c1C. The molecule has 7 heteroatoms. The van der Waals surface area contributed by atoms with Gasteiger partial charge in [-0.25, -0.2) is 0 Å². The number of ether oxygens (including phenoxy) is 1. The maximum Gasteiger partial charge on any atom is 0.226 e. The monoisotopic (exact) mass is 319 g/mol. The first kappa shape index (κ1) is 15.6. The molecule has 112 valence electrons. The minimum atomic E-state index is -0.878. The average Bonchev–Trinajstić information content (AvgIpc) is 2.94. The van der Waals surface area contributed by atoms with Gasteiger partial charge in [-0.1, -0.05) is 0 Å². The van der Waals surface area contributed by atoms with Gasteiger partial charge in [-0.2, -0.15) is 5.10 Å². The van der Waals surface area contributed by atoms with Crippen LogP contribution in [-0.4, -0.2) is 33.7 Å². The number of aromatic nitrogens is 2. The molecule has 0 bridgehead atoms. The van der Waals surface area contributed by atoms with Gasteiger partial charge in [-0.15, -0.1) is 23.2 Å². The third-order valence-electron chi connectivity index (χ3n) is 3.62. The van der Waals surface area contributed by atoms with Crippen LogP contribution in [0.1, 0.15) is 23.4 Å². The molecule has 2 rings (SSSR count). The van der Waals surface area contributed by atoms with Crippen LogP contribution in [0.3, 0.4) is 0 Å². The van der Waals surface area contributed by atoms with E-state index < -0.39 is 4.33 Å². The van der Waals surface area contributed by atoms with E-state index in [1.807, 2.05) is 18.5 Å². The molecule has 20 heavy (non-hydrogen) atoms. The molecule has 0 aliphatic heterocycles. The van der Waals surface area contributed by atoms with E-state index in [1.165, 1.54) is 0 Å². The molecule has 1 amide bonds. The maximum atomic E-state index is 11.9. The van der Waals surface area contributed by atoms with Crippen LogP contribution >= 0.6 is 23.2 Å². The van der Waals surface area contributed by atoms with Crippen molar-refractivity contribution in [3.63, 3.8) is 0 Å². The van der Waals surface area contributed by atoms with Crippen molar-refractivity contribution in [2.45, 2.75) is 37.7 Å². The quantitative estimate of drug-likeness (QED) is 0.815. The first-order valence-corrected chi connectivity index (χ1v) is 7.29. The van der Waals surface area contributed by atoms with Gasteiger partial charge in [0.1, 0.15) is 4.33 Å². The molecular weight excluding hydrogens is 301 g/mol. The number of alkyl halides is 2. The number of amides is 1. The van der Waals surface area contributed by atoms with E-state index >= 15 is 0 Å². The standard InChI is InChI=1S/C13H19Cl2N3O2/c1-8-10(9(2)18(17-8)4-5-20-3)7-16-12(19)11-6-13(11,14)15/h11H,4-7H2,1-3H3,(H,16,19). The smallest absolute Gasteiger partial charge is 0.226 e. The molecule has 1 atom stereocenters. The van der Waals surface area contributed by atoms with E-state index in [4.69, 9.17) is 27.9 Å². The lowest BCUT2D eigenvalue weighted by atomic mass is 10.2. The zero-order valence-corrected chi connectivity index (χ0v) is 13.4. The number of carbonyl (C=O) groups excluding carboxylic acids is 1. The van der Waals surface area contributed by atoms with Crippen molar-refractivity contribution < 1.29 is 9.53 Å². The van der Waals surface area contributed by atoms with Crippen LogP contribution < -0.4 is 5.32 Å². The second-order valence-corrected chi connectivity index (χ2v) is 6.64. The molecule has 0 saturated heterocycles. The molecule has 1 aliphatic rings. The Morgan fingerprint density at radius 1 is 1.55 bits per heavy atom. The Morgan fingerprint density at radius 3 is 2.75 bits per heavy atom. The fourth-order valence-electron chi connectivity index (χ4n) is 2.18. The second-order valence-electron chi connectivity index (χ2n) is 5.10. The van der Waals surface area contributed by atoms with E-state index in [0.717, 1.165) is 17.0 Å². The molecule has 1 aromatic rings. The summed E-state index contributed by atoms with van der Waals surface area (Å²) < 4.78 is 6.07. The number of hydrogen-bond acceptors (Lipinski definition) is 3. The summed E-state index contributed by atoms with van der Waals surface area (Å²) >= 11 is 11.8. The van der Waals surface area contributed by atoms with Gasteiger partial charge in [-0.3, -0.25) is 9.48 Å². The Kier molecular flexibility index (Phi) is 4.62. The Morgan fingerprint density at radius 2 is 2.20 bits per heavy atom. The van der Waals surface area contributed by atoms with Crippen LogP contribution in [0.25, 0.3) is 0 Å². The summed E-state index contributed by atoms with van der Waals surface area (Å²) in [6, 6.07) is 0. The van der Waals surface area contributed by atoms with Crippen molar-refractivity contribution >= 4 is 29.1 Å². The first-order valence-electron chi connectivity index (χ1n) is 6.54. The number of halogens is 2. The van der Waals surface area contributed by atoms with Crippen LogP contribution in [0.2, 0.25) is 0 Å². The van der Waals surface area contributed by atoms with E-state index in [9.17, 15) is 4.79 Å². The van der Waals surface area contributed by atoms with Gasteiger partial charge in [0.2, 0.25) is 5.91 Å². The third-order valence-corrected chi connectivity index (χ3v) is 4.46. The van der Waals surface area contributed by atoms with Crippen LogP contribution in [-0.2, 0) is 22.6 Å². The molecule has 0 radical (unpaired) electrons. The summed E-state index contributed by atoms with van der Waals surface area (Å²) in [7, 11) is 1.66. The van der Waals surface area contributed by atoms with E-state index in [1.54, 1.807) is 7.11 Å². The molecule has 1 fully saturated rings. The lowest BCUT2D eigenvalue weighted by Gasteiger charge is -2.07. The highest BCUT2D eigenvalue weighted by Crippen LogP contribution is 2.53. The molecular formula is C13H19Cl2N3O2. The van der Waals surface area contributed by atoms with Crippen molar-refractivity contribution in [2.75, 3.05) is 13.7 Å². The predicted octanol–water partition coefficient (Wildman–Crippen LogP) is 1.96. The Labute approximate surface area is 128 Å². The molecule has 1 aromatic heterocycles. The fraction of sp³-hybridized carbons (Fsp3) is 0.692. The van der Waals surface area contributed by atoms with E-state index in [0.29, 0.717) is 26.1 Å². The number of nitrogens with one attached hydrogen (secondary N) is 1. The summed E-state index contributed by atoms with van der Waals surface area (Å²) in [5, 5.41) is 7.32. The number of nitrogens with zero attached hydrogens (tertiary/aromatic N) is 2. The minimum absolute atomic E-state index is 0.0987. The van der Waals surface area contributed by atoms with Crippen LogP contribution in [0, 0.1) is 19.8 Å².